The fourth-order valence-electron chi connectivity index (χ4n) is 1.57. The molecule has 0 amide bonds. The van der Waals surface area contributed by atoms with Gasteiger partial charge in [-0.05, 0) is 31.2 Å². The zero-order chi connectivity index (χ0) is 13.7. The first-order valence-electron chi connectivity index (χ1n) is 5.76. The summed E-state index contributed by atoms with van der Waals surface area (Å²) in [5.41, 5.74) is 1.48. The molecule has 0 atom stereocenters. The number of hydrogen-bond acceptors (Lipinski definition) is 3. The fraction of sp³-hybridized carbons (Fsp3) is 0.0667. The van der Waals surface area contributed by atoms with Gasteiger partial charge in [-0.25, -0.2) is 4.79 Å². The number of hydrogen-bond donors (Lipinski definition) is 1. The summed E-state index contributed by atoms with van der Waals surface area (Å²) in [6, 6.07) is 10.8. The molecule has 0 aliphatic carbocycles. The van der Waals surface area contributed by atoms with Crippen LogP contribution in [0.15, 0.2) is 48.7 Å². The maximum atomic E-state index is 10.6. The highest BCUT2D eigenvalue weighted by molar-refractivity contribution is 5.85. The van der Waals surface area contributed by atoms with Crippen LogP contribution in [0.2, 0.25) is 0 Å². The van der Waals surface area contributed by atoms with Gasteiger partial charge in [-0.1, -0.05) is 18.2 Å². The van der Waals surface area contributed by atoms with E-state index < -0.39 is 5.97 Å². The third-order valence-corrected chi connectivity index (χ3v) is 2.50. The summed E-state index contributed by atoms with van der Waals surface area (Å²) in [6.45, 7) is 1.85. The van der Waals surface area contributed by atoms with Crippen molar-refractivity contribution in [2.24, 2.45) is 0 Å². The van der Waals surface area contributed by atoms with Gasteiger partial charge in [0.15, 0.2) is 0 Å². The quantitative estimate of drug-likeness (QED) is 0.852. The number of ether oxygens (including phenoxy) is 1. The standard InChI is InChI=1S/C15H13NO3/c1-11-13(7-4-10-16-11)19-14-6-3-2-5-12(14)8-9-15(17)18/h2-10H,1H3,(H,17,18). The number of rotatable bonds is 4. The Morgan fingerprint density at radius 3 is 2.68 bits per heavy atom. The van der Waals surface area contributed by atoms with E-state index in [1.165, 1.54) is 6.08 Å². The number of aryl methyl sites for hydroxylation is 1. The molecule has 0 saturated heterocycles. The van der Waals surface area contributed by atoms with Gasteiger partial charge in [0.2, 0.25) is 0 Å². The molecular weight excluding hydrogens is 242 g/mol. The van der Waals surface area contributed by atoms with E-state index in [1.807, 2.05) is 25.1 Å². The zero-order valence-corrected chi connectivity index (χ0v) is 10.4. The molecule has 0 saturated carbocycles. The molecule has 96 valence electrons. The van der Waals surface area contributed by atoms with Crippen LogP contribution in [0.5, 0.6) is 11.5 Å². The molecule has 0 aliphatic rings. The highest BCUT2D eigenvalue weighted by Crippen LogP contribution is 2.27. The van der Waals surface area contributed by atoms with Crippen molar-refractivity contribution in [3.8, 4) is 11.5 Å². The fourth-order valence-corrected chi connectivity index (χ4v) is 1.57. The van der Waals surface area contributed by atoms with Crippen molar-refractivity contribution < 1.29 is 14.6 Å². The molecule has 1 N–H and O–H groups in total. The average Bonchev–Trinajstić information content (AvgIpc) is 2.40. The molecule has 0 aliphatic heterocycles. The summed E-state index contributed by atoms with van der Waals surface area (Å²) in [7, 11) is 0. The first-order valence-corrected chi connectivity index (χ1v) is 5.76. The van der Waals surface area contributed by atoms with Crippen LogP contribution in [-0.2, 0) is 4.79 Å². The number of para-hydroxylation sites is 1. The third-order valence-electron chi connectivity index (χ3n) is 2.50. The Kier molecular flexibility index (Phi) is 3.93. The molecule has 4 heteroatoms. The van der Waals surface area contributed by atoms with Crippen LogP contribution in [0.3, 0.4) is 0 Å². The topological polar surface area (TPSA) is 59.4 Å². The van der Waals surface area contributed by atoms with E-state index in [2.05, 4.69) is 4.98 Å². The van der Waals surface area contributed by atoms with Crippen LogP contribution in [0, 0.1) is 6.92 Å². The van der Waals surface area contributed by atoms with E-state index in [0.717, 1.165) is 11.8 Å². The van der Waals surface area contributed by atoms with Gasteiger partial charge in [-0.2, -0.15) is 0 Å². The SMILES string of the molecule is Cc1ncccc1Oc1ccccc1C=CC(=O)O. The van der Waals surface area contributed by atoms with Crippen LogP contribution < -0.4 is 4.74 Å². The van der Waals surface area contributed by atoms with Crippen molar-refractivity contribution in [3.05, 3.63) is 59.9 Å². The van der Waals surface area contributed by atoms with E-state index in [-0.39, 0.29) is 0 Å². The Hall–Kier alpha value is -2.62. The highest BCUT2D eigenvalue weighted by atomic mass is 16.5. The molecule has 1 aromatic carbocycles. The average molecular weight is 255 g/mol. The van der Waals surface area contributed by atoms with Crippen molar-refractivity contribution in [1.29, 1.82) is 0 Å². The molecular formula is C15H13NO3. The lowest BCUT2D eigenvalue weighted by molar-refractivity contribution is -0.131. The second-order valence-corrected chi connectivity index (χ2v) is 3.90. The van der Waals surface area contributed by atoms with Crippen LogP contribution >= 0.6 is 0 Å². The predicted octanol–water partition coefficient (Wildman–Crippen LogP) is 3.28. The Labute approximate surface area is 111 Å². The van der Waals surface area contributed by atoms with Gasteiger partial charge < -0.3 is 9.84 Å². The first kappa shape index (κ1) is 12.8. The normalized spacial score (nSPS) is 10.6. The maximum absolute atomic E-state index is 10.6. The highest BCUT2D eigenvalue weighted by Gasteiger charge is 2.04. The second kappa shape index (κ2) is 5.82. The molecule has 0 spiro atoms. The molecule has 2 aromatic rings. The molecule has 4 nitrogen and oxygen atoms in total. The monoisotopic (exact) mass is 255 g/mol. The largest absolute Gasteiger partial charge is 0.478 e. The minimum atomic E-state index is -0.993. The van der Waals surface area contributed by atoms with Crippen LogP contribution in [0.1, 0.15) is 11.3 Å². The summed E-state index contributed by atoms with van der Waals surface area (Å²) in [6.07, 6.45) is 4.28. The van der Waals surface area contributed by atoms with E-state index in [4.69, 9.17) is 9.84 Å². The van der Waals surface area contributed by atoms with Gasteiger partial charge in [0.25, 0.3) is 0 Å². The van der Waals surface area contributed by atoms with E-state index in [9.17, 15) is 4.79 Å². The lowest BCUT2D eigenvalue weighted by atomic mass is 10.2. The molecule has 2 rings (SSSR count). The smallest absolute Gasteiger partial charge is 0.328 e. The number of benzene rings is 1. The Morgan fingerprint density at radius 1 is 1.21 bits per heavy atom. The van der Waals surface area contributed by atoms with Crippen molar-refractivity contribution in [1.82, 2.24) is 4.98 Å². The summed E-state index contributed by atoms with van der Waals surface area (Å²) in [5, 5.41) is 8.66. The van der Waals surface area contributed by atoms with E-state index in [1.54, 1.807) is 24.4 Å². The Balaban J connectivity index is 2.30. The molecule has 1 heterocycles. The van der Waals surface area contributed by atoms with Crippen molar-refractivity contribution in [3.63, 3.8) is 0 Å². The number of carbonyl (C=O) groups is 1. The first-order chi connectivity index (χ1) is 9.16. The Morgan fingerprint density at radius 2 is 1.95 bits per heavy atom. The van der Waals surface area contributed by atoms with Gasteiger partial charge >= 0.3 is 5.97 Å². The number of carboxylic acid groups (broad SMARTS) is 1. The predicted molar refractivity (Wildman–Crippen MR) is 72.2 cm³/mol. The molecule has 0 radical (unpaired) electrons. The van der Waals surface area contributed by atoms with Crippen molar-refractivity contribution in [2.75, 3.05) is 0 Å². The molecule has 0 unspecified atom stereocenters. The van der Waals surface area contributed by atoms with Crippen LogP contribution in [0.25, 0.3) is 6.08 Å². The van der Waals surface area contributed by atoms with Crippen LogP contribution in [-0.4, -0.2) is 16.1 Å². The summed E-state index contributed by atoms with van der Waals surface area (Å²) >= 11 is 0. The van der Waals surface area contributed by atoms with Crippen LogP contribution in [0.4, 0.5) is 0 Å². The second-order valence-electron chi connectivity index (χ2n) is 3.90. The van der Waals surface area contributed by atoms with E-state index in [0.29, 0.717) is 17.1 Å². The van der Waals surface area contributed by atoms with Gasteiger partial charge in [0.1, 0.15) is 11.5 Å². The number of aromatic nitrogens is 1. The number of carboxylic acids is 1. The zero-order valence-electron chi connectivity index (χ0n) is 10.4. The lowest BCUT2D eigenvalue weighted by Crippen LogP contribution is -1.92. The van der Waals surface area contributed by atoms with Gasteiger partial charge in [0.05, 0.1) is 5.69 Å². The van der Waals surface area contributed by atoms with Gasteiger partial charge in [-0.3, -0.25) is 4.98 Å². The molecule has 1 aromatic heterocycles. The number of nitrogens with zero attached hydrogens (tertiary/aromatic N) is 1. The number of aliphatic carboxylic acids is 1. The minimum Gasteiger partial charge on any atom is -0.478 e. The van der Waals surface area contributed by atoms with Gasteiger partial charge in [-0.15, -0.1) is 0 Å². The van der Waals surface area contributed by atoms with Crippen molar-refractivity contribution >= 4 is 12.0 Å². The lowest BCUT2D eigenvalue weighted by Gasteiger charge is -2.10. The van der Waals surface area contributed by atoms with Gasteiger partial charge in [0, 0.05) is 17.8 Å². The summed E-state index contributed by atoms with van der Waals surface area (Å²) in [5.74, 6) is 0.252. The minimum absolute atomic E-state index is 0.594. The third kappa shape index (κ3) is 3.42. The maximum Gasteiger partial charge on any atom is 0.328 e. The Bertz CT molecular complexity index is 620. The summed E-state index contributed by atoms with van der Waals surface area (Å²) in [4.78, 5) is 14.7. The van der Waals surface area contributed by atoms with Crippen molar-refractivity contribution in [2.45, 2.75) is 6.92 Å². The number of pyridine rings is 1. The molecule has 0 fully saturated rings. The van der Waals surface area contributed by atoms with E-state index >= 15 is 0 Å². The summed E-state index contributed by atoms with van der Waals surface area (Å²) < 4.78 is 5.77. The molecule has 19 heavy (non-hydrogen) atoms. The molecule has 0 bridgehead atoms.